The van der Waals surface area contributed by atoms with E-state index in [1.54, 1.807) is 0 Å². The first-order valence-electron chi connectivity index (χ1n) is 10.6. The van der Waals surface area contributed by atoms with Gasteiger partial charge in [-0.1, -0.05) is 46.8 Å². The Morgan fingerprint density at radius 2 is 1.83 bits per heavy atom. The number of hydrogen-bond acceptors (Lipinski definition) is 4. The van der Waals surface area contributed by atoms with Gasteiger partial charge in [0.15, 0.2) is 5.89 Å². The van der Waals surface area contributed by atoms with E-state index in [2.05, 4.69) is 49.8 Å². The molecule has 1 aromatic carbocycles. The van der Waals surface area contributed by atoms with Crippen LogP contribution < -0.4 is 0 Å². The van der Waals surface area contributed by atoms with E-state index in [9.17, 15) is 8.78 Å². The number of halogens is 2. The van der Waals surface area contributed by atoms with Gasteiger partial charge < -0.3 is 4.42 Å². The molecule has 0 N–H and O–H groups in total. The van der Waals surface area contributed by atoms with Crippen molar-refractivity contribution in [3.05, 3.63) is 59.3 Å². The molecule has 2 saturated carbocycles. The van der Waals surface area contributed by atoms with E-state index in [4.69, 9.17) is 4.42 Å². The van der Waals surface area contributed by atoms with Crippen molar-refractivity contribution in [1.29, 1.82) is 0 Å². The molecule has 4 atom stereocenters. The van der Waals surface area contributed by atoms with E-state index in [0.29, 0.717) is 17.5 Å². The molecule has 2 bridgehead atoms. The van der Waals surface area contributed by atoms with Crippen molar-refractivity contribution in [3.8, 4) is 0 Å². The molecule has 2 aromatic rings. The molecule has 1 aromatic heterocycles. The molecule has 5 rings (SSSR count). The molecule has 0 saturated heterocycles. The van der Waals surface area contributed by atoms with Crippen molar-refractivity contribution in [2.45, 2.75) is 64.3 Å². The fourth-order valence-electron chi connectivity index (χ4n) is 6.16. The summed E-state index contributed by atoms with van der Waals surface area (Å²) in [5.74, 6) is 0.743. The van der Waals surface area contributed by atoms with Crippen molar-refractivity contribution >= 4 is 5.70 Å². The zero-order chi connectivity index (χ0) is 21.5. The maximum absolute atomic E-state index is 14.4. The first-order valence-corrected chi connectivity index (χ1v) is 10.6. The van der Waals surface area contributed by atoms with Crippen LogP contribution in [0, 0.1) is 28.9 Å². The summed E-state index contributed by atoms with van der Waals surface area (Å²) in [7, 11) is 0. The third-order valence-corrected chi connectivity index (χ3v) is 7.71. The lowest BCUT2D eigenvalue weighted by Crippen LogP contribution is -2.43. The Balaban J connectivity index is 1.60. The summed E-state index contributed by atoms with van der Waals surface area (Å²) in [5.41, 5.74) is -0.408. The molecule has 2 fully saturated rings. The van der Waals surface area contributed by atoms with Crippen molar-refractivity contribution in [2.75, 3.05) is 0 Å². The van der Waals surface area contributed by atoms with E-state index < -0.39 is 11.6 Å². The van der Waals surface area contributed by atoms with Gasteiger partial charge in [0.2, 0.25) is 0 Å². The molecule has 6 heteroatoms. The quantitative estimate of drug-likeness (QED) is 0.572. The molecule has 0 amide bonds. The van der Waals surface area contributed by atoms with Gasteiger partial charge in [-0.25, -0.2) is 13.8 Å². The van der Waals surface area contributed by atoms with E-state index in [1.807, 2.05) is 12.3 Å². The largest absolute Gasteiger partial charge is 0.444 e. The second-order valence-corrected chi connectivity index (χ2v) is 10.5. The highest BCUT2D eigenvalue weighted by Gasteiger charge is 2.71. The molecule has 4 nitrogen and oxygen atoms in total. The summed E-state index contributed by atoms with van der Waals surface area (Å²) in [6.45, 7) is 10.8. The second-order valence-electron chi connectivity index (χ2n) is 10.5. The summed E-state index contributed by atoms with van der Waals surface area (Å²) < 4.78 is 35.1. The van der Waals surface area contributed by atoms with Gasteiger partial charge in [-0.2, -0.15) is 10.2 Å². The third-order valence-electron chi connectivity index (χ3n) is 7.71. The van der Waals surface area contributed by atoms with E-state index in [1.165, 1.54) is 18.2 Å². The monoisotopic (exact) mass is 411 g/mol. The van der Waals surface area contributed by atoms with Crippen LogP contribution >= 0.6 is 0 Å². The maximum atomic E-state index is 14.4. The molecular formula is C24H27F2N3O. The standard InChI is InChI=1S/C24H27F2N3O/c1-22(2,3)21-27-12-18(30-21)24-10-9-14(23(24,4)5)13-11-17(28-29-20(13)24)19-15(25)7-6-8-16(19)26/h6-8,11-14,20H,9-10H2,1-5H3/t13?,14-,20?,24-/m0/s1. The van der Waals surface area contributed by atoms with Crippen LogP contribution in [0.25, 0.3) is 5.70 Å². The van der Waals surface area contributed by atoms with E-state index in [-0.39, 0.29) is 33.8 Å². The number of hydrogen-bond donors (Lipinski definition) is 0. The fourth-order valence-corrected chi connectivity index (χ4v) is 6.16. The Labute approximate surface area is 175 Å². The van der Waals surface area contributed by atoms with Crippen molar-refractivity contribution < 1.29 is 13.2 Å². The zero-order valence-electron chi connectivity index (χ0n) is 18.0. The first-order chi connectivity index (χ1) is 14.1. The van der Waals surface area contributed by atoms with Gasteiger partial charge in [-0.15, -0.1) is 0 Å². The van der Waals surface area contributed by atoms with Crippen LogP contribution in [0.3, 0.4) is 0 Å². The lowest BCUT2D eigenvalue weighted by molar-refractivity contribution is 0.164. The van der Waals surface area contributed by atoms with Gasteiger partial charge >= 0.3 is 0 Å². The fraction of sp³-hybridized carbons (Fsp3) is 0.542. The third kappa shape index (κ3) is 2.39. The van der Waals surface area contributed by atoms with Gasteiger partial charge in [-0.3, -0.25) is 0 Å². The molecule has 158 valence electrons. The molecule has 3 aliphatic rings. The van der Waals surface area contributed by atoms with Crippen LogP contribution in [0.15, 0.2) is 45.1 Å². The average Bonchev–Trinajstić information content (AvgIpc) is 3.30. The minimum Gasteiger partial charge on any atom is -0.444 e. The average molecular weight is 411 g/mol. The summed E-state index contributed by atoms with van der Waals surface area (Å²) >= 11 is 0. The van der Waals surface area contributed by atoms with Gasteiger partial charge in [-0.05, 0) is 36.3 Å². The highest BCUT2D eigenvalue weighted by Crippen LogP contribution is 2.70. The van der Waals surface area contributed by atoms with Crippen molar-refractivity contribution in [1.82, 2.24) is 4.98 Å². The summed E-state index contributed by atoms with van der Waals surface area (Å²) in [4.78, 5) is 4.58. The van der Waals surface area contributed by atoms with Gasteiger partial charge in [0, 0.05) is 11.3 Å². The SMILES string of the molecule is CC(C)(C)c1ncc([C@@]23CC[C@@H](C4C=C(c5c(F)cccc5F)N=NC42)C3(C)C)o1. The Morgan fingerprint density at radius 3 is 2.47 bits per heavy atom. The number of aromatic nitrogens is 1. The molecule has 1 aliphatic heterocycles. The van der Waals surface area contributed by atoms with Crippen LogP contribution in [0.5, 0.6) is 0 Å². The molecule has 0 spiro atoms. The van der Waals surface area contributed by atoms with Gasteiger partial charge in [0.05, 0.1) is 28.9 Å². The highest BCUT2D eigenvalue weighted by molar-refractivity contribution is 5.67. The topological polar surface area (TPSA) is 50.8 Å². The highest BCUT2D eigenvalue weighted by atomic mass is 19.1. The predicted molar refractivity (Wildman–Crippen MR) is 110 cm³/mol. The molecule has 2 unspecified atom stereocenters. The van der Waals surface area contributed by atoms with Crippen LogP contribution in [-0.4, -0.2) is 11.0 Å². The van der Waals surface area contributed by atoms with Crippen LogP contribution in [0.1, 0.15) is 64.7 Å². The van der Waals surface area contributed by atoms with Crippen molar-refractivity contribution in [3.63, 3.8) is 0 Å². The summed E-state index contributed by atoms with van der Waals surface area (Å²) in [6.07, 6.45) is 5.76. The Morgan fingerprint density at radius 1 is 1.13 bits per heavy atom. The summed E-state index contributed by atoms with van der Waals surface area (Å²) in [6, 6.07) is 3.76. The number of nitrogens with zero attached hydrogens (tertiary/aromatic N) is 3. The molecular weight excluding hydrogens is 384 g/mol. The number of oxazole rings is 1. The number of benzene rings is 1. The van der Waals surface area contributed by atoms with Crippen molar-refractivity contribution in [2.24, 2.45) is 27.5 Å². The molecule has 2 aliphatic carbocycles. The Hall–Kier alpha value is -2.37. The molecule has 0 radical (unpaired) electrons. The first kappa shape index (κ1) is 19.6. The Kier molecular flexibility index (Phi) is 3.97. The maximum Gasteiger partial charge on any atom is 0.199 e. The minimum absolute atomic E-state index is 0.0587. The van der Waals surface area contributed by atoms with Gasteiger partial charge in [0.25, 0.3) is 0 Å². The van der Waals surface area contributed by atoms with Crippen LogP contribution in [0.2, 0.25) is 0 Å². The van der Waals surface area contributed by atoms with E-state index in [0.717, 1.165) is 18.6 Å². The summed E-state index contributed by atoms with van der Waals surface area (Å²) in [5, 5.41) is 8.98. The van der Waals surface area contributed by atoms with Crippen LogP contribution in [0.4, 0.5) is 8.78 Å². The lowest BCUT2D eigenvalue weighted by atomic mass is 9.66. The smallest absolute Gasteiger partial charge is 0.199 e. The Bertz CT molecular complexity index is 1060. The predicted octanol–water partition coefficient (Wildman–Crippen LogP) is 6.43. The number of fused-ring (bicyclic) bond motifs is 5. The number of azo groups is 1. The zero-order valence-corrected chi connectivity index (χ0v) is 18.0. The normalized spacial score (nSPS) is 31.7. The molecule has 30 heavy (non-hydrogen) atoms. The number of rotatable bonds is 2. The molecule has 2 heterocycles. The lowest BCUT2D eigenvalue weighted by Gasteiger charge is -2.39. The van der Waals surface area contributed by atoms with Gasteiger partial charge in [0.1, 0.15) is 17.4 Å². The second kappa shape index (κ2) is 6.08. The van der Waals surface area contributed by atoms with Crippen LogP contribution in [-0.2, 0) is 10.8 Å². The minimum atomic E-state index is -0.610. The van der Waals surface area contributed by atoms with E-state index >= 15 is 0 Å².